The third kappa shape index (κ3) is 4.19. The van der Waals surface area contributed by atoms with Gasteiger partial charge in [0.2, 0.25) is 10.0 Å². The molecule has 1 unspecified atom stereocenters. The zero-order valence-electron chi connectivity index (χ0n) is 15.2. The van der Waals surface area contributed by atoms with Gasteiger partial charge in [0, 0.05) is 12.6 Å². The molecule has 1 aromatic heterocycles. The van der Waals surface area contributed by atoms with Crippen molar-refractivity contribution in [3.05, 3.63) is 74.6 Å². The predicted octanol–water partition coefficient (Wildman–Crippen LogP) is 0.937. The Bertz CT molecular complexity index is 1230. The number of fused-ring (bicyclic) bond motifs is 1. The Morgan fingerprint density at radius 2 is 1.71 bits per heavy atom. The van der Waals surface area contributed by atoms with Crippen LogP contribution in [0.15, 0.2) is 56.9 Å². The van der Waals surface area contributed by atoms with Gasteiger partial charge in [0.1, 0.15) is 5.82 Å². The van der Waals surface area contributed by atoms with Crippen molar-refractivity contribution < 1.29 is 12.8 Å². The summed E-state index contributed by atoms with van der Waals surface area (Å²) in [5.41, 5.74) is -0.539. The van der Waals surface area contributed by atoms with E-state index in [1.54, 1.807) is 31.1 Å². The highest BCUT2D eigenvalue weighted by molar-refractivity contribution is 7.89. The molecule has 8 nitrogen and oxygen atoms in total. The van der Waals surface area contributed by atoms with Crippen molar-refractivity contribution in [2.45, 2.75) is 10.9 Å². The van der Waals surface area contributed by atoms with Crippen LogP contribution in [0, 0.1) is 5.82 Å². The van der Waals surface area contributed by atoms with E-state index in [1.165, 1.54) is 30.3 Å². The predicted molar refractivity (Wildman–Crippen MR) is 103 cm³/mol. The molecule has 0 saturated carbocycles. The van der Waals surface area contributed by atoms with Gasteiger partial charge in [-0.2, -0.15) is 0 Å². The Hall–Kier alpha value is -2.82. The maximum Gasteiger partial charge on any atom is 0.314 e. The van der Waals surface area contributed by atoms with Crippen molar-refractivity contribution in [3.63, 3.8) is 0 Å². The van der Waals surface area contributed by atoms with E-state index in [-0.39, 0.29) is 23.0 Å². The van der Waals surface area contributed by atoms with Gasteiger partial charge < -0.3 is 14.9 Å². The molecular formula is C18H19FN4O4S. The summed E-state index contributed by atoms with van der Waals surface area (Å²) in [5.74, 6) is -0.403. The second-order valence-corrected chi connectivity index (χ2v) is 8.27. The molecule has 1 atom stereocenters. The van der Waals surface area contributed by atoms with E-state index in [0.717, 1.165) is 0 Å². The summed E-state index contributed by atoms with van der Waals surface area (Å²) >= 11 is 0. The molecule has 0 spiro atoms. The first-order valence-corrected chi connectivity index (χ1v) is 9.83. The third-order valence-electron chi connectivity index (χ3n) is 4.33. The molecule has 0 aliphatic heterocycles. The van der Waals surface area contributed by atoms with Crippen molar-refractivity contribution in [1.29, 1.82) is 0 Å². The Morgan fingerprint density at radius 3 is 2.36 bits per heavy atom. The minimum absolute atomic E-state index is 0.0129. The molecule has 3 aromatic rings. The van der Waals surface area contributed by atoms with Crippen molar-refractivity contribution in [2.24, 2.45) is 0 Å². The lowest BCUT2D eigenvalue weighted by Gasteiger charge is -2.25. The lowest BCUT2D eigenvalue weighted by atomic mass is 10.1. The van der Waals surface area contributed by atoms with Crippen LogP contribution < -0.4 is 15.8 Å². The Labute approximate surface area is 160 Å². The molecule has 0 aliphatic carbocycles. The average molecular weight is 406 g/mol. The number of benzene rings is 2. The monoisotopic (exact) mass is 406 g/mol. The summed E-state index contributed by atoms with van der Waals surface area (Å²) in [6, 6.07) is 9.57. The highest BCUT2D eigenvalue weighted by Crippen LogP contribution is 2.20. The summed E-state index contributed by atoms with van der Waals surface area (Å²) in [7, 11) is -0.376. The third-order valence-corrected chi connectivity index (χ3v) is 5.75. The smallest absolute Gasteiger partial charge is 0.314 e. The standard InChI is InChI=1S/C18H19FN4O4S/c1-23(2)16(11-4-3-5-12(19)8-11)10-20-28(26,27)13-6-7-14-15(9-13)22-18(25)17(24)21-14/h3-9,16,20H,10H2,1-2H3,(H,21,24)(H,22,25). The van der Waals surface area contributed by atoms with Gasteiger partial charge in [0.25, 0.3) is 0 Å². The Kier molecular flexibility index (Phi) is 5.45. The fourth-order valence-electron chi connectivity index (χ4n) is 2.85. The number of likely N-dealkylation sites (N-methyl/N-ethyl adjacent to an activating group) is 1. The van der Waals surface area contributed by atoms with Gasteiger partial charge >= 0.3 is 11.1 Å². The molecule has 1 heterocycles. The zero-order chi connectivity index (χ0) is 20.5. The van der Waals surface area contributed by atoms with Crippen LogP contribution in [0.25, 0.3) is 11.0 Å². The van der Waals surface area contributed by atoms with E-state index in [9.17, 15) is 22.4 Å². The van der Waals surface area contributed by atoms with Crippen LogP contribution in [0.3, 0.4) is 0 Å². The van der Waals surface area contributed by atoms with Gasteiger partial charge in [-0.25, -0.2) is 17.5 Å². The fourth-order valence-corrected chi connectivity index (χ4v) is 3.91. The van der Waals surface area contributed by atoms with Crippen LogP contribution >= 0.6 is 0 Å². The van der Waals surface area contributed by atoms with Gasteiger partial charge in [-0.3, -0.25) is 9.59 Å². The van der Waals surface area contributed by atoms with Crippen LogP contribution in [0.2, 0.25) is 0 Å². The van der Waals surface area contributed by atoms with Gasteiger partial charge in [-0.15, -0.1) is 0 Å². The summed E-state index contributed by atoms with van der Waals surface area (Å²) in [4.78, 5) is 29.2. The molecule has 3 N–H and O–H groups in total. The van der Waals surface area contributed by atoms with E-state index in [1.807, 2.05) is 0 Å². The number of H-pyrrole nitrogens is 2. The van der Waals surface area contributed by atoms with Gasteiger partial charge in [0.05, 0.1) is 15.9 Å². The minimum Gasteiger partial charge on any atom is -0.316 e. The van der Waals surface area contributed by atoms with Crippen molar-refractivity contribution in [1.82, 2.24) is 19.6 Å². The van der Waals surface area contributed by atoms with Crippen molar-refractivity contribution in [3.8, 4) is 0 Å². The van der Waals surface area contributed by atoms with Crippen LogP contribution in [0.5, 0.6) is 0 Å². The highest BCUT2D eigenvalue weighted by atomic mass is 32.2. The average Bonchev–Trinajstić information content (AvgIpc) is 2.62. The van der Waals surface area contributed by atoms with E-state index in [2.05, 4.69) is 14.7 Å². The number of halogens is 1. The minimum atomic E-state index is -3.91. The van der Waals surface area contributed by atoms with Crippen LogP contribution in [-0.4, -0.2) is 43.9 Å². The number of hydrogen-bond acceptors (Lipinski definition) is 5. The van der Waals surface area contributed by atoms with Crippen LogP contribution in [0.1, 0.15) is 11.6 Å². The SMILES string of the molecule is CN(C)C(CNS(=O)(=O)c1ccc2[nH]c(=O)c(=O)[nH]c2c1)c1cccc(F)c1. The Balaban J connectivity index is 1.88. The highest BCUT2D eigenvalue weighted by Gasteiger charge is 2.20. The van der Waals surface area contributed by atoms with E-state index >= 15 is 0 Å². The van der Waals surface area contributed by atoms with Crippen molar-refractivity contribution in [2.75, 3.05) is 20.6 Å². The molecule has 0 aliphatic rings. The largest absolute Gasteiger partial charge is 0.316 e. The topological polar surface area (TPSA) is 115 Å². The summed E-state index contributed by atoms with van der Waals surface area (Å²) < 4.78 is 41.4. The number of rotatable bonds is 6. The van der Waals surface area contributed by atoms with E-state index < -0.39 is 27.0 Å². The maximum atomic E-state index is 13.5. The molecular weight excluding hydrogens is 387 g/mol. The van der Waals surface area contributed by atoms with E-state index in [4.69, 9.17) is 0 Å². The lowest BCUT2D eigenvalue weighted by Crippen LogP contribution is -2.34. The molecule has 148 valence electrons. The zero-order valence-corrected chi connectivity index (χ0v) is 16.0. The molecule has 0 radical (unpaired) electrons. The summed E-state index contributed by atoms with van der Waals surface area (Å²) in [5, 5.41) is 0. The number of nitrogens with zero attached hydrogens (tertiary/aromatic N) is 1. The van der Waals surface area contributed by atoms with Crippen LogP contribution in [-0.2, 0) is 10.0 Å². The number of sulfonamides is 1. The fraction of sp³-hybridized carbons (Fsp3) is 0.222. The lowest BCUT2D eigenvalue weighted by molar-refractivity contribution is 0.299. The number of nitrogens with one attached hydrogen (secondary N) is 3. The molecule has 28 heavy (non-hydrogen) atoms. The molecule has 3 rings (SSSR count). The molecule has 0 saturated heterocycles. The quantitative estimate of drug-likeness (QED) is 0.527. The Morgan fingerprint density at radius 1 is 1.04 bits per heavy atom. The molecule has 0 amide bonds. The number of aromatic amines is 2. The normalized spacial score (nSPS) is 13.1. The summed E-state index contributed by atoms with van der Waals surface area (Å²) in [6.45, 7) is 0.0129. The maximum absolute atomic E-state index is 13.5. The molecule has 0 fully saturated rings. The van der Waals surface area contributed by atoms with Gasteiger partial charge in [-0.1, -0.05) is 12.1 Å². The first-order valence-electron chi connectivity index (χ1n) is 8.35. The number of aromatic nitrogens is 2. The molecule has 10 heteroatoms. The van der Waals surface area contributed by atoms with Gasteiger partial charge in [-0.05, 0) is 50.0 Å². The van der Waals surface area contributed by atoms with E-state index in [0.29, 0.717) is 11.1 Å². The first-order chi connectivity index (χ1) is 13.2. The summed E-state index contributed by atoms with van der Waals surface area (Å²) in [6.07, 6.45) is 0. The second kappa shape index (κ2) is 7.66. The van der Waals surface area contributed by atoms with Crippen molar-refractivity contribution >= 4 is 21.1 Å². The molecule has 2 aromatic carbocycles. The first kappa shape index (κ1) is 19.9. The van der Waals surface area contributed by atoms with Gasteiger partial charge in [0.15, 0.2) is 0 Å². The number of hydrogen-bond donors (Lipinski definition) is 3. The second-order valence-electron chi connectivity index (χ2n) is 6.50. The molecule has 0 bridgehead atoms. The van der Waals surface area contributed by atoms with Crippen LogP contribution in [0.4, 0.5) is 4.39 Å².